The number of benzene rings is 1. The topological polar surface area (TPSA) is 281 Å². The van der Waals surface area contributed by atoms with Crippen LogP contribution in [0.4, 0.5) is 5.69 Å². The van der Waals surface area contributed by atoms with E-state index in [1.54, 1.807) is 38.1 Å². The van der Waals surface area contributed by atoms with E-state index in [0.717, 1.165) is 30.7 Å². The number of carbonyl (C=O) groups excluding carboxylic acids is 7. The van der Waals surface area contributed by atoms with Gasteiger partial charge < -0.3 is 42.2 Å². The van der Waals surface area contributed by atoms with Gasteiger partial charge in [0.2, 0.25) is 23.6 Å². The van der Waals surface area contributed by atoms with Crippen molar-refractivity contribution in [3.05, 3.63) is 45.9 Å². The van der Waals surface area contributed by atoms with Gasteiger partial charge in [-0.3, -0.25) is 48.1 Å². The number of likely N-dealkylation sites (N-methyl/N-ethyl adjacent to an activating group) is 1. The summed E-state index contributed by atoms with van der Waals surface area (Å²) in [4.78, 5) is 118. The lowest BCUT2D eigenvalue weighted by atomic mass is 9.84. The van der Waals surface area contributed by atoms with E-state index in [2.05, 4.69) is 37.5 Å². The third-order valence-electron chi connectivity index (χ3n) is 12.9. The van der Waals surface area contributed by atoms with Crippen LogP contribution in [0, 0.1) is 29.6 Å². The number of unbranched alkanes of at least 4 members (excludes halogenated alkanes) is 1. The molecule has 1 aromatic carbocycles. The second-order valence-corrected chi connectivity index (χ2v) is 21.0. The number of nitrogens with zero attached hydrogens (tertiary/aromatic N) is 3. The lowest BCUT2D eigenvalue weighted by molar-refractivity contribution is -0.213. The molecule has 0 bridgehead atoms. The predicted octanol–water partition coefficient (Wildman–Crippen LogP) is 4.49. The smallest absolute Gasteiger partial charge is 0.309 e. The van der Waals surface area contributed by atoms with E-state index in [9.17, 15) is 43.5 Å². The number of terminal acetylenes is 1. The van der Waals surface area contributed by atoms with E-state index < -0.39 is 89.2 Å². The summed E-state index contributed by atoms with van der Waals surface area (Å²) in [6, 6.07) is 1.24. The largest absolute Gasteiger partial charge is 0.481 e. The third-order valence-corrected chi connectivity index (χ3v) is 13.9. The van der Waals surface area contributed by atoms with E-state index in [0.29, 0.717) is 36.9 Å². The zero-order valence-corrected chi connectivity index (χ0v) is 45.2. The molecule has 0 aliphatic carbocycles. The molecule has 2 aromatic rings. The zero-order valence-electron chi connectivity index (χ0n) is 44.4. The predicted molar refractivity (Wildman–Crippen MR) is 277 cm³/mol. The van der Waals surface area contributed by atoms with Crippen LogP contribution >= 0.6 is 11.3 Å². The number of nitrogens with two attached hydrogens (primary N) is 1. The maximum atomic E-state index is 14.8. The van der Waals surface area contributed by atoms with Crippen LogP contribution in [0.5, 0.6) is 0 Å². The average Bonchev–Trinajstić information content (AvgIpc) is 3.83. The van der Waals surface area contributed by atoms with Crippen molar-refractivity contribution in [2.45, 2.75) is 175 Å². The highest BCUT2D eigenvalue weighted by Crippen LogP contribution is 2.33. The van der Waals surface area contributed by atoms with Gasteiger partial charge in [-0.15, -0.1) is 23.7 Å². The van der Waals surface area contributed by atoms with Crippen LogP contribution < -0.4 is 32.3 Å². The lowest BCUT2D eigenvalue weighted by Crippen LogP contribution is -2.58. The Hall–Kier alpha value is -5.95. The van der Waals surface area contributed by atoms with Crippen molar-refractivity contribution < 1.29 is 53.0 Å². The maximum Gasteiger partial charge on any atom is 0.309 e. The Morgan fingerprint density at radius 2 is 1.60 bits per heavy atom. The number of hydrogen-bond acceptors (Lipinski definition) is 14. The second kappa shape index (κ2) is 29.1. The van der Waals surface area contributed by atoms with Crippen LogP contribution in [0.15, 0.2) is 29.6 Å². The molecule has 21 heteroatoms. The molecule has 0 spiro atoms. The first-order valence-corrected chi connectivity index (χ1v) is 26.0. The van der Waals surface area contributed by atoms with Gasteiger partial charge in [0, 0.05) is 36.9 Å². The minimum Gasteiger partial charge on any atom is -0.481 e. The summed E-state index contributed by atoms with van der Waals surface area (Å²) >= 11 is 1.08. The quantitative estimate of drug-likeness (QED) is 0.0268. The maximum absolute atomic E-state index is 14.8. The molecule has 8 N–H and O–H groups in total. The summed E-state index contributed by atoms with van der Waals surface area (Å²) in [6.45, 7) is 17.3. The van der Waals surface area contributed by atoms with Crippen LogP contribution in [0.3, 0.4) is 0 Å². The summed E-state index contributed by atoms with van der Waals surface area (Å²) < 4.78 is 5.87. The number of carbonyl (C=O) groups is 8. The summed E-state index contributed by atoms with van der Waals surface area (Å²) in [5.41, 5.74) is 5.40. The van der Waals surface area contributed by atoms with Gasteiger partial charge in [0.15, 0.2) is 6.10 Å². The average molecular weight is 1040 g/mol. The minimum atomic E-state index is -1.26. The highest BCUT2D eigenvalue weighted by atomic mass is 32.1. The van der Waals surface area contributed by atoms with E-state index in [1.807, 2.05) is 39.6 Å². The van der Waals surface area contributed by atoms with E-state index in [1.165, 1.54) is 38.1 Å². The fraction of sp³-hybridized carbons (Fsp3) is 0.635. The van der Waals surface area contributed by atoms with Crippen LogP contribution in [-0.4, -0.2) is 130 Å². The number of amides is 6. The number of aromatic nitrogens is 1. The number of carboxylic acid groups (broad SMARTS) is 1. The molecule has 2 heterocycles. The summed E-state index contributed by atoms with van der Waals surface area (Å²) in [5.74, 6) is -2.56. The molecule has 20 nitrogen and oxygen atoms in total. The number of likely N-dealkylation sites (tertiary alicyclic amines) is 1. The molecule has 0 unspecified atom stereocenters. The van der Waals surface area contributed by atoms with Gasteiger partial charge in [-0.25, -0.2) is 10.0 Å². The molecule has 1 aromatic heterocycles. The number of thiazole rings is 1. The summed E-state index contributed by atoms with van der Waals surface area (Å²) in [6.07, 6.45) is 8.73. The van der Waals surface area contributed by atoms with Gasteiger partial charge in [-0.2, -0.15) is 0 Å². The van der Waals surface area contributed by atoms with Gasteiger partial charge in [0.25, 0.3) is 11.8 Å². The molecule has 6 amide bonds. The first kappa shape index (κ1) is 61.4. The van der Waals surface area contributed by atoms with Crippen molar-refractivity contribution in [1.82, 2.24) is 36.2 Å². The van der Waals surface area contributed by atoms with Crippen LogP contribution in [-0.2, 0) is 49.6 Å². The van der Waals surface area contributed by atoms with Crippen LogP contribution in [0.2, 0.25) is 0 Å². The number of esters is 1. The van der Waals surface area contributed by atoms with E-state index in [4.69, 9.17) is 21.7 Å². The number of ether oxygens (including phenoxy) is 1. The molecular weight excluding hydrogens is 959 g/mol. The third kappa shape index (κ3) is 19.1. The molecule has 1 aliphatic rings. The molecule has 1 saturated heterocycles. The normalized spacial score (nSPS) is 17.2. The molecule has 3 rings (SSSR count). The number of nitrogens with one attached hydrogen (secondary N) is 5. The molecule has 73 heavy (non-hydrogen) atoms. The van der Waals surface area contributed by atoms with Gasteiger partial charge in [-0.1, -0.05) is 52.7 Å². The number of hydroxylamine groups is 2. The van der Waals surface area contributed by atoms with Crippen LogP contribution in [0.1, 0.15) is 148 Å². The SMILES string of the molecule is C#CCCCON(C(=O)[C@@H](NC(=O)[C@H]1CCCCN1C)[C@@H](C)CC)[C@H](C[C@@H](OC(C)=O)c1nc(C(=O)N[C@@H](Cc2ccc(NC(=O)[C@H](C)NC(=O)[C@@H](C)NC(=O)[C@H](C)N)cc2)CC(C)(C)C(=O)O)cs1)C(C)C. The van der Waals surface area contributed by atoms with Crippen molar-refractivity contribution in [1.29, 1.82) is 0 Å². The van der Waals surface area contributed by atoms with E-state index >= 15 is 0 Å². The Bertz CT molecular complexity index is 2250. The standard InChI is InChI=1S/C52H79N9O11S/c1-13-15-18-25-71-61(50(68)43(31(5)14-2)59-48(67)40-19-16-17-24-60(40)12)41(30(3)4)27-42(72-35(9)62)49-58-39(29-73-49)47(66)57-38(28-52(10,11)51(69)70)26-36-20-22-37(23-21-36)56-46(65)34(8)55-45(64)33(7)54-44(63)32(6)53/h1,20-23,29-34,38,40-43H,14-19,24-28,53H2,2-12H3,(H,54,63)(H,55,64)(H,56,65)(H,57,66)(H,59,67)(H,69,70)/t31-,32-,33+,34-,38-,40+,41+,42+,43-/m0/s1. The van der Waals surface area contributed by atoms with Crippen molar-refractivity contribution >= 4 is 64.4 Å². The molecule has 0 radical (unpaired) electrons. The molecule has 0 saturated carbocycles. The number of aliphatic carboxylic acids is 1. The highest BCUT2D eigenvalue weighted by molar-refractivity contribution is 7.09. The van der Waals surface area contributed by atoms with E-state index in [-0.39, 0.29) is 60.4 Å². The Morgan fingerprint density at radius 1 is 0.959 bits per heavy atom. The lowest BCUT2D eigenvalue weighted by Gasteiger charge is -2.39. The zero-order chi connectivity index (χ0) is 54.7. The van der Waals surface area contributed by atoms with Crippen molar-refractivity contribution in [2.75, 3.05) is 25.5 Å². The molecule has 404 valence electrons. The molecule has 9 atom stereocenters. The summed E-state index contributed by atoms with van der Waals surface area (Å²) in [7, 11) is 1.90. The first-order chi connectivity index (χ1) is 34.3. The molecule has 1 fully saturated rings. The number of hydrogen-bond donors (Lipinski definition) is 7. The Kier molecular flexibility index (Phi) is 24.4. The number of anilines is 1. The Labute approximate surface area is 434 Å². The summed E-state index contributed by atoms with van der Waals surface area (Å²) in [5, 5.41) is 26.9. The van der Waals surface area contributed by atoms with Gasteiger partial charge in [-0.05, 0) is 110 Å². The fourth-order valence-corrected chi connectivity index (χ4v) is 8.98. The molecular formula is C52H79N9O11S. The fourth-order valence-electron chi connectivity index (χ4n) is 8.14. The Balaban J connectivity index is 1.87. The van der Waals surface area contributed by atoms with Gasteiger partial charge in [0.1, 0.15) is 28.8 Å². The van der Waals surface area contributed by atoms with Gasteiger partial charge in [0.05, 0.1) is 30.1 Å². The van der Waals surface area contributed by atoms with Gasteiger partial charge >= 0.3 is 11.9 Å². The number of carboxylic acids is 1. The molecule has 1 aliphatic heterocycles. The van der Waals surface area contributed by atoms with Crippen LogP contribution in [0.25, 0.3) is 0 Å². The highest BCUT2D eigenvalue weighted by Gasteiger charge is 2.40. The minimum absolute atomic E-state index is 0.00735. The second-order valence-electron chi connectivity index (χ2n) is 20.1. The van der Waals surface area contributed by atoms with Crippen molar-refractivity contribution in [3.8, 4) is 12.3 Å². The monoisotopic (exact) mass is 1040 g/mol. The van der Waals surface area contributed by atoms with Crippen molar-refractivity contribution in [3.63, 3.8) is 0 Å². The Morgan fingerprint density at radius 3 is 2.18 bits per heavy atom. The van der Waals surface area contributed by atoms with Crippen molar-refractivity contribution in [2.24, 2.45) is 23.0 Å². The number of piperidine rings is 1. The number of rotatable bonds is 28. The first-order valence-electron chi connectivity index (χ1n) is 25.1.